The van der Waals surface area contributed by atoms with Crippen LogP contribution in [0, 0.1) is 11.6 Å². The summed E-state index contributed by atoms with van der Waals surface area (Å²) in [5, 5.41) is 4.07. The van der Waals surface area contributed by atoms with Crippen LogP contribution in [0.15, 0.2) is 18.2 Å². The highest BCUT2D eigenvalue weighted by Gasteiger charge is 2.17. The smallest absolute Gasteiger partial charge is 0.155 e. The minimum absolute atomic E-state index is 0.00389. The van der Waals surface area contributed by atoms with Crippen molar-refractivity contribution < 1.29 is 13.6 Å². The van der Waals surface area contributed by atoms with Gasteiger partial charge in [0.15, 0.2) is 12.1 Å². The number of aromatic nitrogens is 2. The zero-order chi connectivity index (χ0) is 13.3. The van der Waals surface area contributed by atoms with E-state index in [4.69, 9.17) is 11.6 Å². The molecule has 0 atom stereocenters. The van der Waals surface area contributed by atoms with Crippen molar-refractivity contribution in [3.05, 3.63) is 46.2 Å². The summed E-state index contributed by atoms with van der Waals surface area (Å²) < 4.78 is 27.5. The number of halogens is 3. The summed E-state index contributed by atoms with van der Waals surface area (Å²) in [6, 6.07) is 3.06. The maximum absolute atomic E-state index is 13.6. The van der Waals surface area contributed by atoms with Crippen LogP contribution >= 0.6 is 11.6 Å². The summed E-state index contributed by atoms with van der Waals surface area (Å²) in [4.78, 5) is 10.9. The Kier molecular flexibility index (Phi) is 3.43. The van der Waals surface area contributed by atoms with Crippen molar-refractivity contribution in [1.82, 2.24) is 9.78 Å². The number of carbonyl (C=O) groups is 1. The monoisotopic (exact) mass is 270 g/mol. The fraction of sp³-hybridized carbons (Fsp3) is 0.167. The summed E-state index contributed by atoms with van der Waals surface area (Å²) >= 11 is 5.96. The summed E-state index contributed by atoms with van der Waals surface area (Å²) in [7, 11) is 0. The Balaban J connectivity index is 2.64. The van der Waals surface area contributed by atoms with Crippen LogP contribution < -0.4 is 0 Å². The number of hydrogen-bond acceptors (Lipinski definition) is 2. The van der Waals surface area contributed by atoms with Crippen LogP contribution in [-0.4, -0.2) is 16.1 Å². The Morgan fingerprint density at radius 2 is 2.17 bits per heavy atom. The first-order valence-electron chi connectivity index (χ1n) is 5.26. The zero-order valence-electron chi connectivity index (χ0n) is 9.45. The Hall–Kier alpha value is -1.75. The third kappa shape index (κ3) is 2.01. The van der Waals surface area contributed by atoms with Crippen molar-refractivity contribution in [2.75, 3.05) is 0 Å². The van der Waals surface area contributed by atoms with Crippen molar-refractivity contribution in [2.24, 2.45) is 0 Å². The third-order valence-electron chi connectivity index (χ3n) is 2.53. The van der Waals surface area contributed by atoms with E-state index in [-0.39, 0.29) is 16.4 Å². The lowest BCUT2D eigenvalue weighted by Crippen LogP contribution is -2.01. The standard InChI is InChI=1S/C12H9ClF2N2O/c1-2-10-8(6-18)12(13)17(16-10)11-4-3-7(14)5-9(11)15/h3-6H,2H2,1H3. The van der Waals surface area contributed by atoms with Gasteiger partial charge in [0.1, 0.15) is 16.7 Å². The van der Waals surface area contributed by atoms with E-state index in [0.717, 1.165) is 16.8 Å². The van der Waals surface area contributed by atoms with Gasteiger partial charge in [-0.25, -0.2) is 13.5 Å². The number of aldehydes is 1. The molecule has 18 heavy (non-hydrogen) atoms. The topological polar surface area (TPSA) is 34.9 Å². The van der Waals surface area contributed by atoms with E-state index >= 15 is 0 Å². The van der Waals surface area contributed by atoms with Gasteiger partial charge >= 0.3 is 0 Å². The highest BCUT2D eigenvalue weighted by molar-refractivity contribution is 6.32. The van der Waals surface area contributed by atoms with Crippen LogP contribution in [0.3, 0.4) is 0 Å². The molecule has 0 unspecified atom stereocenters. The predicted octanol–water partition coefficient (Wildman–Crippen LogP) is 3.18. The fourth-order valence-electron chi connectivity index (χ4n) is 1.64. The van der Waals surface area contributed by atoms with E-state index in [1.165, 1.54) is 6.07 Å². The quantitative estimate of drug-likeness (QED) is 0.803. The summed E-state index contributed by atoms with van der Waals surface area (Å²) in [5.74, 6) is -1.48. The number of benzene rings is 1. The molecule has 6 heteroatoms. The van der Waals surface area contributed by atoms with E-state index in [9.17, 15) is 13.6 Å². The molecule has 94 valence electrons. The molecule has 1 aromatic carbocycles. The molecule has 0 saturated heterocycles. The van der Waals surface area contributed by atoms with Crippen molar-refractivity contribution in [1.29, 1.82) is 0 Å². The number of aryl methyl sites for hydroxylation is 1. The van der Waals surface area contributed by atoms with E-state index in [2.05, 4.69) is 5.10 Å². The highest BCUT2D eigenvalue weighted by Crippen LogP contribution is 2.24. The molecule has 0 fully saturated rings. The molecule has 0 N–H and O–H groups in total. The first-order valence-corrected chi connectivity index (χ1v) is 5.64. The second kappa shape index (κ2) is 4.86. The number of nitrogens with zero attached hydrogens (tertiary/aromatic N) is 2. The van der Waals surface area contributed by atoms with Crippen LogP contribution in [0.2, 0.25) is 5.15 Å². The molecule has 1 heterocycles. The van der Waals surface area contributed by atoms with E-state index in [1.807, 2.05) is 0 Å². The second-order valence-electron chi connectivity index (χ2n) is 3.63. The Bertz CT molecular complexity index is 610. The van der Waals surface area contributed by atoms with Gasteiger partial charge < -0.3 is 0 Å². The summed E-state index contributed by atoms with van der Waals surface area (Å²) in [5.41, 5.74) is 0.700. The van der Waals surface area contributed by atoms with Gasteiger partial charge in [-0.05, 0) is 18.6 Å². The van der Waals surface area contributed by atoms with Crippen LogP contribution in [0.1, 0.15) is 23.0 Å². The van der Waals surface area contributed by atoms with Gasteiger partial charge in [0.25, 0.3) is 0 Å². The fourth-order valence-corrected chi connectivity index (χ4v) is 1.92. The lowest BCUT2D eigenvalue weighted by atomic mass is 10.2. The molecule has 1 aromatic heterocycles. The van der Waals surface area contributed by atoms with Crippen LogP contribution in [0.4, 0.5) is 8.78 Å². The number of carbonyl (C=O) groups excluding carboxylic acids is 1. The molecular weight excluding hydrogens is 262 g/mol. The largest absolute Gasteiger partial charge is 0.298 e. The first kappa shape index (κ1) is 12.7. The molecule has 0 aliphatic carbocycles. The van der Waals surface area contributed by atoms with Crippen LogP contribution in [0.5, 0.6) is 0 Å². The maximum atomic E-state index is 13.6. The molecule has 0 amide bonds. The van der Waals surface area contributed by atoms with Gasteiger partial charge in [-0.3, -0.25) is 4.79 Å². The lowest BCUT2D eigenvalue weighted by molar-refractivity contribution is 0.112. The molecule has 0 radical (unpaired) electrons. The first-order chi connectivity index (χ1) is 8.58. The molecule has 0 aliphatic rings. The molecule has 2 aromatic rings. The van der Waals surface area contributed by atoms with Gasteiger partial charge in [0.2, 0.25) is 0 Å². The molecule has 3 nitrogen and oxygen atoms in total. The molecular formula is C12H9ClF2N2O. The lowest BCUT2D eigenvalue weighted by Gasteiger charge is -2.04. The minimum atomic E-state index is -0.792. The van der Waals surface area contributed by atoms with E-state index in [1.54, 1.807) is 6.92 Å². The van der Waals surface area contributed by atoms with Gasteiger partial charge in [0, 0.05) is 6.07 Å². The zero-order valence-corrected chi connectivity index (χ0v) is 10.2. The van der Waals surface area contributed by atoms with Gasteiger partial charge in [0.05, 0.1) is 11.3 Å². The van der Waals surface area contributed by atoms with Crippen LogP contribution in [-0.2, 0) is 6.42 Å². The van der Waals surface area contributed by atoms with Crippen molar-refractivity contribution >= 4 is 17.9 Å². The summed E-state index contributed by atoms with van der Waals surface area (Å²) in [6.45, 7) is 1.80. The van der Waals surface area contributed by atoms with Gasteiger partial charge in [-0.1, -0.05) is 18.5 Å². The van der Waals surface area contributed by atoms with Crippen molar-refractivity contribution in [3.8, 4) is 5.69 Å². The molecule has 0 saturated carbocycles. The highest BCUT2D eigenvalue weighted by atomic mass is 35.5. The van der Waals surface area contributed by atoms with Gasteiger partial charge in [-0.2, -0.15) is 5.10 Å². The number of hydrogen-bond donors (Lipinski definition) is 0. The van der Waals surface area contributed by atoms with Gasteiger partial charge in [-0.15, -0.1) is 0 Å². The number of rotatable bonds is 3. The normalized spacial score (nSPS) is 10.7. The summed E-state index contributed by atoms with van der Waals surface area (Å²) in [6.07, 6.45) is 1.07. The predicted molar refractivity (Wildman–Crippen MR) is 63.3 cm³/mol. The molecule has 2 rings (SSSR count). The molecule has 0 aliphatic heterocycles. The van der Waals surface area contributed by atoms with Crippen molar-refractivity contribution in [3.63, 3.8) is 0 Å². The van der Waals surface area contributed by atoms with E-state index in [0.29, 0.717) is 18.4 Å². The minimum Gasteiger partial charge on any atom is -0.298 e. The Morgan fingerprint density at radius 3 is 2.67 bits per heavy atom. The maximum Gasteiger partial charge on any atom is 0.155 e. The molecule has 0 bridgehead atoms. The average Bonchev–Trinajstić information content (AvgIpc) is 2.66. The van der Waals surface area contributed by atoms with Crippen molar-refractivity contribution in [2.45, 2.75) is 13.3 Å². The van der Waals surface area contributed by atoms with E-state index < -0.39 is 11.6 Å². The third-order valence-corrected chi connectivity index (χ3v) is 2.89. The Morgan fingerprint density at radius 1 is 1.44 bits per heavy atom. The van der Waals surface area contributed by atoms with Crippen LogP contribution in [0.25, 0.3) is 5.69 Å². The Labute approximate surface area is 107 Å². The average molecular weight is 271 g/mol. The SMILES string of the molecule is CCc1nn(-c2ccc(F)cc2F)c(Cl)c1C=O. The molecule has 0 spiro atoms. The second-order valence-corrected chi connectivity index (χ2v) is 3.99.